The van der Waals surface area contributed by atoms with Gasteiger partial charge in [-0.25, -0.2) is 22.7 Å². The lowest BCUT2D eigenvalue weighted by molar-refractivity contribution is -0.143. The molecule has 0 aliphatic heterocycles. The molecule has 4 N–H and O–H groups in total. The Kier molecular flexibility index (Phi) is 6.06. The van der Waals surface area contributed by atoms with Gasteiger partial charge in [-0.15, -0.1) is 0 Å². The number of urea groups is 1. The Labute approximate surface area is 106 Å². The minimum absolute atomic E-state index is 0.0438. The highest BCUT2D eigenvalue weighted by atomic mass is 32.2. The van der Waals surface area contributed by atoms with Gasteiger partial charge >= 0.3 is 12.0 Å². The van der Waals surface area contributed by atoms with Crippen molar-refractivity contribution in [3.05, 3.63) is 0 Å². The van der Waals surface area contributed by atoms with Crippen LogP contribution in [0.2, 0.25) is 0 Å². The van der Waals surface area contributed by atoms with Gasteiger partial charge in [0.05, 0.1) is 6.26 Å². The summed E-state index contributed by atoms with van der Waals surface area (Å²) >= 11 is 0. The van der Waals surface area contributed by atoms with Crippen molar-refractivity contribution in [2.45, 2.75) is 25.8 Å². The third-order valence-corrected chi connectivity index (χ3v) is 3.07. The Balaban J connectivity index is 4.09. The van der Waals surface area contributed by atoms with E-state index in [-0.39, 0.29) is 19.5 Å². The van der Waals surface area contributed by atoms with E-state index in [9.17, 15) is 18.0 Å². The maximum Gasteiger partial charge on any atom is 0.329 e. The summed E-state index contributed by atoms with van der Waals surface area (Å²) in [6.07, 6.45) is 1.24. The summed E-state index contributed by atoms with van der Waals surface area (Å²) in [4.78, 5) is 22.3. The van der Waals surface area contributed by atoms with E-state index in [2.05, 4.69) is 15.4 Å². The minimum atomic E-state index is -3.29. The molecular formula is C9H19N3O5S. The Bertz CT molecular complexity index is 408. The van der Waals surface area contributed by atoms with Crippen LogP contribution in [0.4, 0.5) is 4.79 Å². The second-order valence-electron chi connectivity index (χ2n) is 4.04. The lowest BCUT2D eigenvalue weighted by Gasteiger charge is -2.24. The molecule has 9 heteroatoms. The lowest BCUT2D eigenvalue weighted by Crippen LogP contribution is -2.55. The molecule has 0 aliphatic rings. The van der Waals surface area contributed by atoms with Crippen LogP contribution in [0.5, 0.6) is 0 Å². The Morgan fingerprint density at radius 1 is 1.28 bits per heavy atom. The first kappa shape index (κ1) is 16.6. The number of hydrogen-bond donors (Lipinski definition) is 4. The smallest absolute Gasteiger partial charge is 0.329 e. The molecule has 0 aromatic carbocycles. The van der Waals surface area contributed by atoms with E-state index in [4.69, 9.17) is 5.11 Å². The van der Waals surface area contributed by atoms with Crippen molar-refractivity contribution in [3.63, 3.8) is 0 Å². The number of hydrogen-bond acceptors (Lipinski definition) is 4. The molecule has 0 saturated heterocycles. The summed E-state index contributed by atoms with van der Waals surface area (Å²) in [7, 11) is -3.29. The van der Waals surface area contributed by atoms with Crippen molar-refractivity contribution in [1.82, 2.24) is 15.4 Å². The van der Waals surface area contributed by atoms with Gasteiger partial charge in [0, 0.05) is 13.1 Å². The first-order valence-corrected chi connectivity index (χ1v) is 7.24. The van der Waals surface area contributed by atoms with E-state index in [0.717, 1.165) is 6.26 Å². The molecule has 0 bridgehead atoms. The van der Waals surface area contributed by atoms with Crippen LogP contribution in [-0.2, 0) is 14.8 Å². The highest BCUT2D eigenvalue weighted by Crippen LogP contribution is 2.08. The molecule has 0 heterocycles. The Morgan fingerprint density at radius 3 is 2.22 bits per heavy atom. The number of carbonyl (C=O) groups is 2. The predicted molar refractivity (Wildman–Crippen MR) is 65.7 cm³/mol. The molecule has 0 aromatic heterocycles. The lowest BCUT2D eigenvalue weighted by atomic mass is 10.00. The average Bonchev–Trinajstić information content (AvgIpc) is 2.22. The van der Waals surface area contributed by atoms with Gasteiger partial charge in [-0.05, 0) is 13.3 Å². The molecule has 0 fully saturated rings. The van der Waals surface area contributed by atoms with Crippen LogP contribution in [-0.4, -0.2) is 50.4 Å². The van der Waals surface area contributed by atoms with E-state index >= 15 is 0 Å². The highest BCUT2D eigenvalue weighted by molar-refractivity contribution is 7.88. The number of aliphatic carboxylic acids is 1. The van der Waals surface area contributed by atoms with Crippen molar-refractivity contribution in [2.75, 3.05) is 19.3 Å². The van der Waals surface area contributed by atoms with E-state index < -0.39 is 27.6 Å². The van der Waals surface area contributed by atoms with Gasteiger partial charge in [0.25, 0.3) is 0 Å². The second-order valence-corrected chi connectivity index (χ2v) is 5.87. The van der Waals surface area contributed by atoms with E-state index in [1.54, 1.807) is 6.92 Å². The molecule has 0 saturated carbocycles. The van der Waals surface area contributed by atoms with Gasteiger partial charge in [0.1, 0.15) is 5.54 Å². The van der Waals surface area contributed by atoms with Gasteiger partial charge in [-0.2, -0.15) is 0 Å². The molecular weight excluding hydrogens is 262 g/mol. The highest BCUT2D eigenvalue weighted by Gasteiger charge is 2.32. The van der Waals surface area contributed by atoms with Crippen molar-refractivity contribution >= 4 is 22.0 Å². The zero-order chi connectivity index (χ0) is 14.4. The molecule has 0 spiro atoms. The first-order chi connectivity index (χ1) is 8.10. The van der Waals surface area contributed by atoms with Crippen LogP contribution in [0.25, 0.3) is 0 Å². The molecule has 106 valence electrons. The number of nitrogens with one attached hydrogen (secondary N) is 3. The third kappa shape index (κ3) is 6.40. The summed E-state index contributed by atoms with van der Waals surface area (Å²) in [5.74, 6) is -1.13. The summed E-state index contributed by atoms with van der Waals surface area (Å²) in [6.45, 7) is 3.14. The summed E-state index contributed by atoms with van der Waals surface area (Å²) in [6, 6.07) is -0.656. The fraction of sp³-hybridized carbons (Fsp3) is 0.778. The number of rotatable bonds is 7. The van der Waals surface area contributed by atoms with Crippen LogP contribution in [0.15, 0.2) is 0 Å². The Hall–Kier alpha value is -1.35. The molecule has 2 amide bonds. The van der Waals surface area contributed by atoms with E-state index in [1.165, 1.54) is 6.92 Å². The van der Waals surface area contributed by atoms with E-state index in [0.29, 0.717) is 0 Å². The van der Waals surface area contributed by atoms with Crippen LogP contribution < -0.4 is 15.4 Å². The third-order valence-electron chi connectivity index (χ3n) is 2.34. The molecule has 0 aliphatic carbocycles. The van der Waals surface area contributed by atoms with Crippen molar-refractivity contribution in [3.8, 4) is 0 Å². The average molecular weight is 281 g/mol. The van der Waals surface area contributed by atoms with Crippen LogP contribution in [0.3, 0.4) is 0 Å². The summed E-state index contributed by atoms with van der Waals surface area (Å²) < 4.78 is 23.6. The summed E-state index contributed by atoms with van der Waals surface area (Å²) in [5.41, 5.74) is -1.34. The fourth-order valence-electron chi connectivity index (χ4n) is 1.00. The van der Waals surface area contributed by atoms with Crippen LogP contribution in [0, 0.1) is 0 Å². The van der Waals surface area contributed by atoms with Gasteiger partial charge in [-0.1, -0.05) is 6.92 Å². The molecule has 1 atom stereocenters. The number of carbonyl (C=O) groups excluding carboxylic acids is 1. The SMILES string of the molecule is CCC(C)(NC(=O)NCCNS(C)(=O)=O)C(=O)O. The fourth-order valence-corrected chi connectivity index (χ4v) is 1.47. The summed E-state index contributed by atoms with van der Waals surface area (Å²) in [5, 5.41) is 13.6. The molecule has 18 heavy (non-hydrogen) atoms. The normalized spacial score (nSPS) is 14.6. The van der Waals surface area contributed by atoms with Gasteiger partial charge < -0.3 is 15.7 Å². The van der Waals surface area contributed by atoms with Crippen LogP contribution >= 0.6 is 0 Å². The monoisotopic (exact) mass is 281 g/mol. The second kappa shape index (κ2) is 6.55. The number of carboxylic acids is 1. The molecule has 0 rings (SSSR count). The van der Waals surface area contributed by atoms with Crippen molar-refractivity contribution in [2.24, 2.45) is 0 Å². The standard InChI is InChI=1S/C9H19N3O5S/c1-4-9(2,7(13)14)12-8(15)10-5-6-11-18(3,16)17/h11H,4-6H2,1-3H3,(H,13,14)(H2,10,12,15). The zero-order valence-corrected chi connectivity index (χ0v) is 11.4. The minimum Gasteiger partial charge on any atom is -0.480 e. The maximum absolute atomic E-state index is 11.4. The number of amides is 2. The topological polar surface area (TPSA) is 125 Å². The van der Waals surface area contributed by atoms with Crippen molar-refractivity contribution in [1.29, 1.82) is 0 Å². The predicted octanol–water partition coefficient (Wildman–Crippen LogP) is -0.912. The largest absolute Gasteiger partial charge is 0.480 e. The van der Waals surface area contributed by atoms with Crippen molar-refractivity contribution < 1.29 is 23.1 Å². The maximum atomic E-state index is 11.4. The molecule has 8 nitrogen and oxygen atoms in total. The van der Waals surface area contributed by atoms with Gasteiger partial charge in [0.2, 0.25) is 10.0 Å². The quantitative estimate of drug-likeness (QED) is 0.450. The molecule has 0 aromatic rings. The molecule has 1 unspecified atom stereocenters. The van der Waals surface area contributed by atoms with Gasteiger partial charge in [-0.3, -0.25) is 0 Å². The first-order valence-electron chi connectivity index (χ1n) is 5.35. The molecule has 0 radical (unpaired) electrons. The van der Waals surface area contributed by atoms with E-state index in [1.807, 2.05) is 0 Å². The van der Waals surface area contributed by atoms with Gasteiger partial charge in [0.15, 0.2) is 0 Å². The number of carboxylic acid groups (broad SMARTS) is 1. The Morgan fingerprint density at radius 2 is 1.83 bits per heavy atom. The number of sulfonamides is 1. The zero-order valence-electron chi connectivity index (χ0n) is 10.6. The van der Waals surface area contributed by atoms with Crippen LogP contribution in [0.1, 0.15) is 20.3 Å².